The zero-order valence-corrected chi connectivity index (χ0v) is 14.6. The van der Waals surface area contributed by atoms with Crippen LogP contribution in [0.4, 0.5) is 0 Å². The zero-order valence-electron chi connectivity index (χ0n) is 13.0. The second kappa shape index (κ2) is 9.43. The quantitative estimate of drug-likeness (QED) is 0.518. The van der Waals surface area contributed by atoms with Gasteiger partial charge in [-0.2, -0.15) is 5.10 Å². The first-order chi connectivity index (χ1) is 12.0. The fourth-order valence-electron chi connectivity index (χ4n) is 1.69. The predicted octanol–water partition coefficient (Wildman–Crippen LogP) is 2.44. The smallest absolute Gasteiger partial charge is 0.341 e. The minimum Gasteiger partial charge on any atom is -0.484 e. The molecule has 1 amide bonds. The Morgan fingerprint density at radius 2 is 1.56 bits per heavy atom. The molecule has 0 aliphatic rings. The summed E-state index contributed by atoms with van der Waals surface area (Å²) in [5.74, 6) is -0.412. The Kier molecular flexibility index (Phi) is 6.97. The van der Waals surface area contributed by atoms with E-state index in [-0.39, 0.29) is 12.5 Å². The van der Waals surface area contributed by atoms with Crippen molar-refractivity contribution in [1.82, 2.24) is 5.43 Å². The maximum absolute atomic E-state index is 11.6. The highest BCUT2D eigenvalue weighted by Gasteiger charge is 2.02. The Hall–Kier alpha value is -2.87. The molecule has 0 saturated carbocycles. The number of carbonyl (C=O) groups is 2. The summed E-state index contributed by atoms with van der Waals surface area (Å²) in [4.78, 5) is 22.0. The van der Waals surface area contributed by atoms with Crippen molar-refractivity contribution in [3.8, 4) is 11.5 Å². The van der Waals surface area contributed by atoms with Crippen LogP contribution < -0.4 is 14.9 Å². The van der Waals surface area contributed by atoms with Crippen molar-refractivity contribution in [2.75, 3.05) is 13.2 Å². The molecule has 2 aromatic carbocycles. The highest BCUT2D eigenvalue weighted by Crippen LogP contribution is 2.15. The maximum atomic E-state index is 11.6. The van der Waals surface area contributed by atoms with E-state index in [2.05, 4.69) is 26.5 Å². The first-order valence-corrected chi connectivity index (χ1v) is 7.97. The van der Waals surface area contributed by atoms with E-state index >= 15 is 0 Å². The Morgan fingerprint density at radius 1 is 1.00 bits per heavy atom. The van der Waals surface area contributed by atoms with Gasteiger partial charge in [-0.25, -0.2) is 10.2 Å². The van der Waals surface area contributed by atoms with Crippen molar-refractivity contribution >= 4 is 34.0 Å². The molecular weight excluding hydrogens is 392 g/mol. The summed E-state index contributed by atoms with van der Waals surface area (Å²) in [6, 6.07) is 13.7. The standard InChI is InChI=1S/C17H15BrN2O5/c18-13-3-7-15(8-4-13)24-10-16(21)20-19-9-12-1-5-14(6-2-12)25-11-17(22)23/h1-9H,10-11H2,(H,20,21)(H,22,23)/b19-9-. The fraction of sp³-hybridized carbons (Fsp3) is 0.118. The van der Waals surface area contributed by atoms with Gasteiger partial charge >= 0.3 is 5.97 Å². The third-order valence-electron chi connectivity index (χ3n) is 2.83. The van der Waals surface area contributed by atoms with Gasteiger partial charge in [-0.1, -0.05) is 15.9 Å². The van der Waals surface area contributed by atoms with E-state index in [0.717, 1.165) is 10.0 Å². The number of hydrogen-bond donors (Lipinski definition) is 2. The van der Waals surface area contributed by atoms with Crippen LogP contribution in [0, 0.1) is 0 Å². The number of aliphatic carboxylic acids is 1. The Balaban J connectivity index is 1.74. The maximum Gasteiger partial charge on any atom is 0.341 e. The third-order valence-corrected chi connectivity index (χ3v) is 3.36. The number of nitrogens with zero attached hydrogens (tertiary/aromatic N) is 1. The van der Waals surface area contributed by atoms with E-state index in [1.165, 1.54) is 6.21 Å². The van der Waals surface area contributed by atoms with Crippen LogP contribution in [0.15, 0.2) is 58.1 Å². The number of hydrogen-bond acceptors (Lipinski definition) is 5. The molecule has 2 aromatic rings. The molecule has 0 aliphatic carbocycles. The minimum atomic E-state index is -1.04. The molecular formula is C17H15BrN2O5. The summed E-state index contributed by atoms with van der Waals surface area (Å²) >= 11 is 3.31. The van der Waals surface area contributed by atoms with Crippen molar-refractivity contribution < 1.29 is 24.2 Å². The van der Waals surface area contributed by atoms with Crippen LogP contribution in [-0.2, 0) is 9.59 Å². The van der Waals surface area contributed by atoms with Crippen LogP contribution in [0.3, 0.4) is 0 Å². The van der Waals surface area contributed by atoms with Gasteiger partial charge in [0.1, 0.15) is 11.5 Å². The molecule has 0 saturated heterocycles. The molecule has 25 heavy (non-hydrogen) atoms. The van der Waals surface area contributed by atoms with E-state index in [1.54, 1.807) is 36.4 Å². The minimum absolute atomic E-state index is 0.152. The van der Waals surface area contributed by atoms with Gasteiger partial charge in [0.15, 0.2) is 13.2 Å². The van der Waals surface area contributed by atoms with Gasteiger partial charge in [0, 0.05) is 4.47 Å². The molecule has 0 fully saturated rings. The SMILES string of the molecule is O=C(O)COc1ccc(/C=N\NC(=O)COc2ccc(Br)cc2)cc1. The van der Waals surface area contributed by atoms with E-state index in [4.69, 9.17) is 14.6 Å². The largest absolute Gasteiger partial charge is 0.484 e. The molecule has 0 radical (unpaired) electrons. The second-order valence-electron chi connectivity index (χ2n) is 4.79. The molecule has 0 spiro atoms. The van der Waals surface area contributed by atoms with Gasteiger partial charge in [-0.05, 0) is 54.1 Å². The van der Waals surface area contributed by atoms with Crippen molar-refractivity contribution in [3.63, 3.8) is 0 Å². The number of carbonyl (C=O) groups excluding carboxylic acids is 1. The number of rotatable bonds is 8. The van der Waals surface area contributed by atoms with Crippen molar-refractivity contribution in [1.29, 1.82) is 0 Å². The van der Waals surface area contributed by atoms with Gasteiger partial charge in [0.05, 0.1) is 6.21 Å². The number of carboxylic acid groups (broad SMARTS) is 1. The Labute approximate surface area is 152 Å². The first-order valence-electron chi connectivity index (χ1n) is 7.18. The van der Waals surface area contributed by atoms with E-state index in [1.807, 2.05) is 12.1 Å². The van der Waals surface area contributed by atoms with Crippen LogP contribution in [0.25, 0.3) is 0 Å². The monoisotopic (exact) mass is 406 g/mol. The number of nitrogens with one attached hydrogen (secondary N) is 1. The molecule has 130 valence electrons. The van der Waals surface area contributed by atoms with E-state index in [9.17, 15) is 9.59 Å². The summed E-state index contributed by atoms with van der Waals surface area (Å²) in [5.41, 5.74) is 3.07. The number of hydrazone groups is 1. The molecule has 0 heterocycles. The number of ether oxygens (including phenoxy) is 2. The first kappa shape index (κ1) is 18.5. The zero-order chi connectivity index (χ0) is 18.1. The van der Waals surface area contributed by atoms with Gasteiger partial charge in [-0.3, -0.25) is 4.79 Å². The van der Waals surface area contributed by atoms with E-state index < -0.39 is 12.6 Å². The Bertz CT molecular complexity index is 745. The summed E-state index contributed by atoms with van der Waals surface area (Å²) in [7, 11) is 0. The molecule has 2 N–H and O–H groups in total. The highest BCUT2D eigenvalue weighted by molar-refractivity contribution is 9.10. The van der Waals surface area contributed by atoms with Gasteiger partial charge in [0.2, 0.25) is 0 Å². The van der Waals surface area contributed by atoms with Crippen molar-refractivity contribution in [2.45, 2.75) is 0 Å². The molecule has 2 rings (SSSR count). The lowest BCUT2D eigenvalue weighted by Gasteiger charge is -2.05. The summed E-state index contributed by atoms with van der Waals surface area (Å²) in [6.07, 6.45) is 1.46. The van der Waals surface area contributed by atoms with Gasteiger partial charge in [0.25, 0.3) is 5.91 Å². The van der Waals surface area contributed by atoms with E-state index in [0.29, 0.717) is 11.5 Å². The lowest BCUT2D eigenvalue weighted by atomic mass is 10.2. The molecule has 8 heteroatoms. The molecule has 0 atom stereocenters. The molecule has 0 aliphatic heterocycles. The van der Waals surface area contributed by atoms with Crippen molar-refractivity contribution in [3.05, 3.63) is 58.6 Å². The fourth-order valence-corrected chi connectivity index (χ4v) is 1.95. The van der Waals surface area contributed by atoms with Gasteiger partial charge in [-0.15, -0.1) is 0 Å². The summed E-state index contributed by atoms with van der Waals surface area (Å²) in [5, 5.41) is 12.4. The third kappa shape index (κ3) is 7.05. The van der Waals surface area contributed by atoms with Crippen LogP contribution in [-0.4, -0.2) is 36.4 Å². The number of benzene rings is 2. The molecule has 7 nitrogen and oxygen atoms in total. The van der Waals surface area contributed by atoms with Crippen LogP contribution >= 0.6 is 15.9 Å². The van der Waals surface area contributed by atoms with Gasteiger partial charge < -0.3 is 14.6 Å². The summed E-state index contributed by atoms with van der Waals surface area (Å²) in [6.45, 7) is -0.553. The molecule has 0 bridgehead atoms. The predicted molar refractivity (Wildman–Crippen MR) is 94.9 cm³/mol. The average molecular weight is 407 g/mol. The molecule has 0 aromatic heterocycles. The lowest BCUT2D eigenvalue weighted by Crippen LogP contribution is -2.24. The second-order valence-corrected chi connectivity index (χ2v) is 5.70. The lowest BCUT2D eigenvalue weighted by molar-refractivity contribution is -0.139. The number of amides is 1. The normalized spacial score (nSPS) is 10.4. The topological polar surface area (TPSA) is 97.2 Å². The number of carboxylic acids is 1. The highest BCUT2D eigenvalue weighted by atomic mass is 79.9. The number of halogens is 1. The molecule has 0 unspecified atom stereocenters. The van der Waals surface area contributed by atoms with Crippen LogP contribution in [0.1, 0.15) is 5.56 Å². The van der Waals surface area contributed by atoms with Crippen molar-refractivity contribution in [2.24, 2.45) is 5.10 Å². The van der Waals surface area contributed by atoms with Crippen LogP contribution in [0.2, 0.25) is 0 Å². The summed E-state index contributed by atoms with van der Waals surface area (Å²) < 4.78 is 11.3. The van der Waals surface area contributed by atoms with Crippen LogP contribution in [0.5, 0.6) is 11.5 Å². The average Bonchev–Trinajstić information content (AvgIpc) is 2.60. The Morgan fingerprint density at radius 3 is 2.16 bits per heavy atom.